The Morgan fingerprint density at radius 2 is 2.29 bits per heavy atom. The fourth-order valence-electron chi connectivity index (χ4n) is 1.58. The van der Waals surface area contributed by atoms with E-state index < -0.39 is 6.10 Å². The van der Waals surface area contributed by atoms with E-state index in [9.17, 15) is 9.90 Å². The van der Waals surface area contributed by atoms with E-state index in [2.05, 4.69) is 15.9 Å². The van der Waals surface area contributed by atoms with Crippen molar-refractivity contribution in [2.45, 2.75) is 12.5 Å². The van der Waals surface area contributed by atoms with Crippen LogP contribution in [0.5, 0.6) is 0 Å². The number of nitrogens with zero attached hydrogens (tertiary/aromatic N) is 1. The molecule has 4 heteroatoms. The van der Waals surface area contributed by atoms with Crippen LogP contribution in [-0.4, -0.2) is 23.7 Å². The van der Waals surface area contributed by atoms with Crippen molar-refractivity contribution in [1.29, 1.82) is 0 Å². The van der Waals surface area contributed by atoms with Crippen LogP contribution in [0.15, 0.2) is 28.7 Å². The lowest BCUT2D eigenvalue weighted by atomic mass is 10.3. The fourth-order valence-corrected chi connectivity index (χ4v) is 1.97. The first-order chi connectivity index (χ1) is 6.66. The first kappa shape index (κ1) is 9.68. The number of benzene rings is 1. The Morgan fingerprint density at radius 3 is 2.86 bits per heavy atom. The van der Waals surface area contributed by atoms with E-state index in [1.807, 2.05) is 24.3 Å². The van der Waals surface area contributed by atoms with Gasteiger partial charge in [-0.1, -0.05) is 22.0 Å². The van der Waals surface area contributed by atoms with Crippen LogP contribution in [0.4, 0.5) is 5.69 Å². The van der Waals surface area contributed by atoms with Crippen molar-refractivity contribution in [3.8, 4) is 0 Å². The third kappa shape index (κ3) is 1.81. The lowest BCUT2D eigenvalue weighted by Crippen LogP contribution is -2.25. The van der Waals surface area contributed by atoms with Gasteiger partial charge >= 0.3 is 0 Å². The van der Waals surface area contributed by atoms with Gasteiger partial charge in [-0.15, -0.1) is 0 Å². The summed E-state index contributed by atoms with van der Waals surface area (Å²) in [4.78, 5) is 13.1. The van der Waals surface area contributed by atoms with Gasteiger partial charge < -0.3 is 10.0 Å². The molecule has 0 bridgehead atoms. The normalized spacial score (nSPS) is 21.7. The Balaban J connectivity index is 2.27. The van der Waals surface area contributed by atoms with Crippen LogP contribution in [0.2, 0.25) is 0 Å². The summed E-state index contributed by atoms with van der Waals surface area (Å²) in [7, 11) is 0. The molecule has 1 aliphatic rings. The van der Waals surface area contributed by atoms with Gasteiger partial charge in [0.05, 0.1) is 19.1 Å². The minimum atomic E-state index is -0.526. The van der Waals surface area contributed by atoms with Gasteiger partial charge in [-0.05, 0) is 18.2 Å². The number of aliphatic hydroxyl groups excluding tert-OH is 1. The third-order valence-corrected chi connectivity index (χ3v) is 2.72. The highest BCUT2D eigenvalue weighted by molar-refractivity contribution is 9.10. The number of aliphatic hydroxyl groups is 1. The standard InChI is InChI=1S/C10H10BrNO2/c11-7-2-1-3-8(4-7)12-6-9(13)5-10(12)14/h1-4,9,13H,5-6H2. The molecule has 1 heterocycles. The molecule has 1 aromatic rings. The molecule has 1 amide bonds. The Kier molecular flexibility index (Phi) is 2.56. The Bertz CT molecular complexity index is 367. The number of β-amino-alcohol motifs (C(OH)–C–C–N with tert-alkyl or cyclic N) is 1. The summed E-state index contributed by atoms with van der Waals surface area (Å²) in [6, 6.07) is 7.51. The van der Waals surface area contributed by atoms with E-state index in [4.69, 9.17) is 0 Å². The highest BCUT2D eigenvalue weighted by Gasteiger charge is 2.28. The van der Waals surface area contributed by atoms with Gasteiger partial charge in [0.15, 0.2) is 0 Å². The van der Waals surface area contributed by atoms with Crippen molar-refractivity contribution in [2.24, 2.45) is 0 Å². The second-order valence-corrected chi connectivity index (χ2v) is 4.26. The number of amides is 1. The topological polar surface area (TPSA) is 40.5 Å². The van der Waals surface area contributed by atoms with Crippen LogP contribution in [0.3, 0.4) is 0 Å². The van der Waals surface area contributed by atoms with Crippen LogP contribution in [0.1, 0.15) is 6.42 Å². The van der Waals surface area contributed by atoms with Gasteiger partial charge in [-0.25, -0.2) is 0 Å². The molecule has 0 saturated carbocycles. The maximum atomic E-state index is 11.4. The maximum absolute atomic E-state index is 11.4. The zero-order valence-corrected chi connectivity index (χ0v) is 9.07. The lowest BCUT2D eigenvalue weighted by Gasteiger charge is -2.15. The van der Waals surface area contributed by atoms with Crippen molar-refractivity contribution >= 4 is 27.5 Å². The van der Waals surface area contributed by atoms with Gasteiger partial charge in [-0.2, -0.15) is 0 Å². The molecule has 74 valence electrons. The largest absolute Gasteiger partial charge is 0.391 e. The van der Waals surface area contributed by atoms with Crippen LogP contribution in [0, 0.1) is 0 Å². The molecule has 2 rings (SSSR count). The zero-order chi connectivity index (χ0) is 10.1. The molecular formula is C10H10BrNO2. The molecule has 1 N–H and O–H groups in total. The monoisotopic (exact) mass is 255 g/mol. The molecule has 1 aliphatic heterocycles. The molecule has 0 spiro atoms. The van der Waals surface area contributed by atoms with E-state index in [1.54, 1.807) is 4.90 Å². The minimum absolute atomic E-state index is 0.0180. The van der Waals surface area contributed by atoms with E-state index in [0.29, 0.717) is 6.54 Å². The number of halogens is 1. The van der Waals surface area contributed by atoms with Crippen LogP contribution >= 0.6 is 15.9 Å². The summed E-state index contributed by atoms with van der Waals surface area (Å²) < 4.78 is 0.934. The summed E-state index contributed by atoms with van der Waals surface area (Å²) >= 11 is 3.34. The van der Waals surface area contributed by atoms with Crippen molar-refractivity contribution in [3.05, 3.63) is 28.7 Å². The lowest BCUT2D eigenvalue weighted by molar-refractivity contribution is -0.117. The summed E-state index contributed by atoms with van der Waals surface area (Å²) in [5, 5.41) is 9.33. The number of rotatable bonds is 1. The average Bonchev–Trinajstić information content (AvgIpc) is 2.45. The Labute approximate surface area is 90.5 Å². The van der Waals surface area contributed by atoms with E-state index in [-0.39, 0.29) is 12.3 Å². The van der Waals surface area contributed by atoms with E-state index in [1.165, 1.54) is 0 Å². The summed E-state index contributed by atoms with van der Waals surface area (Å²) in [6.45, 7) is 0.398. The highest BCUT2D eigenvalue weighted by atomic mass is 79.9. The minimum Gasteiger partial charge on any atom is -0.391 e. The van der Waals surface area contributed by atoms with Gasteiger partial charge in [-0.3, -0.25) is 4.79 Å². The maximum Gasteiger partial charge on any atom is 0.229 e. The predicted molar refractivity (Wildman–Crippen MR) is 57.1 cm³/mol. The Morgan fingerprint density at radius 1 is 1.50 bits per heavy atom. The molecule has 1 saturated heterocycles. The predicted octanol–water partition coefficient (Wildman–Crippen LogP) is 1.55. The van der Waals surface area contributed by atoms with Gasteiger partial charge in [0.1, 0.15) is 0 Å². The molecular weight excluding hydrogens is 246 g/mol. The number of hydrogen-bond acceptors (Lipinski definition) is 2. The first-order valence-electron chi connectivity index (χ1n) is 4.41. The van der Waals surface area contributed by atoms with Crippen LogP contribution in [-0.2, 0) is 4.79 Å². The molecule has 1 atom stereocenters. The molecule has 14 heavy (non-hydrogen) atoms. The van der Waals surface area contributed by atoms with Crippen LogP contribution < -0.4 is 4.90 Å². The van der Waals surface area contributed by atoms with E-state index >= 15 is 0 Å². The molecule has 0 aliphatic carbocycles. The third-order valence-electron chi connectivity index (χ3n) is 2.22. The summed E-state index contributed by atoms with van der Waals surface area (Å²) in [5.74, 6) is -0.0180. The number of carbonyl (C=O) groups is 1. The summed E-state index contributed by atoms with van der Waals surface area (Å²) in [5.41, 5.74) is 0.834. The fraction of sp³-hybridized carbons (Fsp3) is 0.300. The van der Waals surface area contributed by atoms with Gasteiger partial charge in [0.2, 0.25) is 5.91 Å². The smallest absolute Gasteiger partial charge is 0.229 e. The molecule has 3 nitrogen and oxygen atoms in total. The zero-order valence-electron chi connectivity index (χ0n) is 7.48. The highest BCUT2D eigenvalue weighted by Crippen LogP contribution is 2.24. The van der Waals surface area contributed by atoms with Crippen LogP contribution in [0.25, 0.3) is 0 Å². The van der Waals surface area contributed by atoms with Crippen molar-refractivity contribution in [2.75, 3.05) is 11.4 Å². The summed E-state index contributed by atoms with van der Waals surface area (Å²) in [6.07, 6.45) is -0.298. The molecule has 1 fully saturated rings. The molecule has 0 aromatic heterocycles. The quantitative estimate of drug-likeness (QED) is 0.828. The van der Waals surface area contributed by atoms with Crippen molar-refractivity contribution in [1.82, 2.24) is 0 Å². The molecule has 0 radical (unpaired) electrons. The van der Waals surface area contributed by atoms with Gasteiger partial charge in [0.25, 0.3) is 0 Å². The molecule has 1 unspecified atom stereocenters. The number of carbonyl (C=O) groups excluding carboxylic acids is 1. The Hall–Kier alpha value is -0.870. The average molecular weight is 256 g/mol. The van der Waals surface area contributed by atoms with Gasteiger partial charge in [0, 0.05) is 10.2 Å². The van der Waals surface area contributed by atoms with Crippen molar-refractivity contribution in [3.63, 3.8) is 0 Å². The molecule has 1 aromatic carbocycles. The second-order valence-electron chi connectivity index (χ2n) is 3.34. The second kappa shape index (κ2) is 3.71. The van der Waals surface area contributed by atoms with Crippen molar-refractivity contribution < 1.29 is 9.90 Å². The number of hydrogen-bond donors (Lipinski definition) is 1. The number of anilines is 1. The van der Waals surface area contributed by atoms with E-state index in [0.717, 1.165) is 10.2 Å². The SMILES string of the molecule is O=C1CC(O)CN1c1cccc(Br)c1. The first-order valence-corrected chi connectivity index (χ1v) is 5.20.